The molecule has 1 N–H and O–H groups in total. The van der Waals surface area contributed by atoms with Gasteiger partial charge in [0, 0.05) is 21.9 Å². The van der Waals surface area contributed by atoms with Crippen molar-refractivity contribution < 1.29 is 9.47 Å². The molecule has 27 heavy (non-hydrogen) atoms. The minimum absolute atomic E-state index is 0.851. The molecule has 5 rings (SSSR count). The van der Waals surface area contributed by atoms with E-state index in [-0.39, 0.29) is 0 Å². The highest BCUT2D eigenvalue weighted by molar-refractivity contribution is 6.19. The molecule has 1 heterocycles. The Morgan fingerprint density at radius 2 is 1.41 bits per heavy atom. The summed E-state index contributed by atoms with van der Waals surface area (Å²) in [7, 11) is 3.39. The Morgan fingerprint density at radius 1 is 0.667 bits per heavy atom. The maximum absolute atomic E-state index is 5.49. The molecule has 0 aliphatic heterocycles. The number of H-pyrrole nitrogens is 1. The Balaban J connectivity index is 1.94. The van der Waals surface area contributed by atoms with E-state index < -0.39 is 0 Å². The van der Waals surface area contributed by atoms with Crippen molar-refractivity contribution >= 4 is 32.6 Å². The topological polar surface area (TPSA) is 34.2 Å². The average molecular weight is 353 g/mol. The van der Waals surface area contributed by atoms with Crippen molar-refractivity contribution in [1.82, 2.24) is 4.98 Å². The number of fused-ring (bicyclic) bond motifs is 4. The number of benzene rings is 4. The molecule has 0 saturated carbocycles. The first-order valence-corrected chi connectivity index (χ1v) is 8.94. The lowest BCUT2D eigenvalue weighted by Crippen LogP contribution is -1.88. The first kappa shape index (κ1) is 15.8. The predicted molar refractivity (Wildman–Crippen MR) is 112 cm³/mol. The van der Waals surface area contributed by atoms with Crippen LogP contribution in [0, 0.1) is 0 Å². The highest BCUT2D eigenvalue weighted by Crippen LogP contribution is 2.40. The summed E-state index contributed by atoms with van der Waals surface area (Å²) >= 11 is 0. The van der Waals surface area contributed by atoms with E-state index >= 15 is 0 Å². The summed E-state index contributed by atoms with van der Waals surface area (Å²) < 4.78 is 10.8. The van der Waals surface area contributed by atoms with Gasteiger partial charge in [-0.25, -0.2) is 0 Å². The second kappa shape index (κ2) is 6.06. The number of hydrogen-bond acceptors (Lipinski definition) is 2. The quantitative estimate of drug-likeness (QED) is 0.421. The monoisotopic (exact) mass is 353 g/mol. The summed E-state index contributed by atoms with van der Waals surface area (Å²) in [6.45, 7) is 0. The van der Waals surface area contributed by atoms with Gasteiger partial charge in [0.15, 0.2) is 0 Å². The number of ether oxygens (including phenoxy) is 2. The minimum Gasteiger partial charge on any atom is -0.497 e. The van der Waals surface area contributed by atoms with Crippen LogP contribution < -0.4 is 9.47 Å². The molecule has 0 aliphatic rings. The number of para-hydroxylation sites is 1. The lowest BCUT2D eigenvalue weighted by Gasteiger charge is -2.12. The standard InChI is InChI=1S/C24H19NO2/c1-26-17-10-7-15(8-11-17)23-20-14-18(27-2)12-9-16(20)13-21-19-5-3-4-6-22(19)25-24(21)23/h3-14,25H,1-2H3. The molecule has 5 aromatic rings. The van der Waals surface area contributed by atoms with Gasteiger partial charge in [-0.15, -0.1) is 0 Å². The number of nitrogens with one attached hydrogen (secondary N) is 1. The lowest BCUT2D eigenvalue weighted by molar-refractivity contribution is 0.415. The van der Waals surface area contributed by atoms with Crippen molar-refractivity contribution in [2.75, 3.05) is 14.2 Å². The van der Waals surface area contributed by atoms with Crippen molar-refractivity contribution in [2.24, 2.45) is 0 Å². The van der Waals surface area contributed by atoms with Gasteiger partial charge in [0.05, 0.1) is 19.7 Å². The van der Waals surface area contributed by atoms with Crippen LogP contribution in [0.3, 0.4) is 0 Å². The fourth-order valence-electron chi connectivity index (χ4n) is 3.86. The lowest BCUT2D eigenvalue weighted by atomic mass is 9.94. The van der Waals surface area contributed by atoms with Crippen LogP contribution in [-0.4, -0.2) is 19.2 Å². The Bertz CT molecular complexity index is 1280. The fraction of sp³-hybridized carbons (Fsp3) is 0.0833. The molecule has 0 atom stereocenters. The largest absolute Gasteiger partial charge is 0.497 e. The molecule has 3 nitrogen and oxygen atoms in total. The van der Waals surface area contributed by atoms with E-state index in [0.717, 1.165) is 28.1 Å². The van der Waals surface area contributed by atoms with Crippen molar-refractivity contribution in [3.05, 3.63) is 72.8 Å². The molecule has 0 spiro atoms. The van der Waals surface area contributed by atoms with Gasteiger partial charge in [0.1, 0.15) is 11.5 Å². The van der Waals surface area contributed by atoms with Crippen LogP contribution in [0.25, 0.3) is 43.7 Å². The fourth-order valence-corrected chi connectivity index (χ4v) is 3.86. The Labute approximate surface area is 157 Å². The molecular weight excluding hydrogens is 334 g/mol. The van der Waals surface area contributed by atoms with Gasteiger partial charge in [-0.1, -0.05) is 36.4 Å². The molecule has 0 amide bonds. The third-order valence-electron chi connectivity index (χ3n) is 5.20. The number of methoxy groups -OCH3 is 2. The van der Waals surface area contributed by atoms with Gasteiger partial charge in [-0.05, 0) is 52.7 Å². The SMILES string of the molecule is COc1ccc(-c2c3cc(OC)ccc3cc3c2[nH]c2ccccc23)cc1. The number of hydrogen-bond donors (Lipinski definition) is 1. The van der Waals surface area contributed by atoms with E-state index in [4.69, 9.17) is 9.47 Å². The molecule has 1 aromatic heterocycles. The third-order valence-corrected chi connectivity index (χ3v) is 5.20. The summed E-state index contributed by atoms with van der Waals surface area (Å²) in [5.74, 6) is 1.71. The molecule has 0 radical (unpaired) electrons. The molecule has 4 aromatic carbocycles. The van der Waals surface area contributed by atoms with Crippen LogP contribution in [-0.2, 0) is 0 Å². The van der Waals surface area contributed by atoms with Crippen molar-refractivity contribution in [3.8, 4) is 22.6 Å². The number of aromatic amines is 1. The molecule has 0 unspecified atom stereocenters. The highest BCUT2D eigenvalue weighted by atomic mass is 16.5. The van der Waals surface area contributed by atoms with Crippen molar-refractivity contribution in [3.63, 3.8) is 0 Å². The second-order valence-electron chi connectivity index (χ2n) is 6.66. The van der Waals surface area contributed by atoms with Gasteiger partial charge >= 0.3 is 0 Å². The molecule has 3 heteroatoms. The predicted octanol–water partition coefficient (Wildman–Crippen LogP) is 6.16. The summed E-state index contributed by atoms with van der Waals surface area (Å²) in [6, 6.07) is 25.2. The third kappa shape index (κ3) is 2.43. The average Bonchev–Trinajstić information content (AvgIpc) is 3.10. The molecule has 0 saturated heterocycles. The van der Waals surface area contributed by atoms with E-state index in [2.05, 4.69) is 59.6 Å². The zero-order valence-corrected chi connectivity index (χ0v) is 15.2. The van der Waals surface area contributed by atoms with Crippen LogP contribution >= 0.6 is 0 Å². The Kier molecular flexibility index (Phi) is 3.54. The van der Waals surface area contributed by atoms with Gasteiger partial charge in [0.25, 0.3) is 0 Å². The number of rotatable bonds is 3. The van der Waals surface area contributed by atoms with Crippen LogP contribution in [0.15, 0.2) is 72.8 Å². The first-order chi connectivity index (χ1) is 13.3. The maximum Gasteiger partial charge on any atom is 0.119 e. The second-order valence-corrected chi connectivity index (χ2v) is 6.66. The van der Waals surface area contributed by atoms with Gasteiger partial charge in [0.2, 0.25) is 0 Å². The minimum atomic E-state index is 0.851. The van der Waals surface area contributed by atoms with Crippen LogP contribution in [0.1, 0.15) is 0 Å². The molecule has 0 bridgehead atoms. The Hall–Kier alpha value is -3.46. The van der Waals surface area contributed by atoms with Crippen LogP contribution in [0.4, 0.5) is 0 Å². The summed E-state index contributed by atoms with van der Waals surface area (Å²) in [6.07, 6.45) is 0. The number of aromatic nitrogens is 1. The van der Waals surface area contributed by atoms with E-state index in [1.54, 1.807) is 14.2 Å². The van der Waals surface area contributed by atoms with Crippen molar-refractivity contribution in [2.45, 2.75) is 0 Å². The van der Waals surface area contributed by atoms with E-state index in [1.807, 2.05) is 18.2 Å². The highest BCUT2D eigenvalue weighted by Gasteiger charge is 2.15. The molecular formula is C24H19NO2. The zero-order valence-electron chi connectivity index (χ0n) is 15.2. The normalized spacial score (nSPS) is 11.3. The zero-order chi connectivity index (χ0) is 18.4. The van der Waals surface area contributed by atoms with E-state index in [0.29, 0.717) is 0 Å². The van der Waals surface area contributed by atoms with Gasteiger partial charge in [-0.2, -0.15) is 0 Å². The van der Waals surface area contributed by atoms with Crippen LogP contribution in [0.2, 0.25) is 0 Å². The smallest absolute Gasteiger partial charge is 0.119 e. The van der Waals surface area contributed by atoms with Crippen molar-refractivity contribution in [1.29, 1.82) is 0 Å². The van der Waals surface area contributed by atoms with Gasteiger partial charge < -0.3 is 14.5 Å². The molecule has 132 valence electrons. The summed E-state index contributed by atoms with van der Waals surface area (Å²) in [4.78, 5) is 3.63. The maximum atomic E-state index is 5.49. The van der Waals surface area contributed by atoms with Crippen LogP contribution in [0.5, 0.6) is 11.5 Å². The van der Waals surface area contributed by atoms with E-state index in [1.165, 1.54) is 27.1 Å². The molecule has 0 aliphatic carbocycles. The first-order valence-electron chi connectivity index (χ1n) is 8.94. The Morgan fingerprint density at radius 3 is 2.19 bits per heavy atom. The molecule has 0 fully saturated rings. The summed E-state index contributed by atoms with van der Waals surface area (Å²) in [5.41, 5.74) is 4.61. The van der Waals surface area contributed by atoms with E-state index in [9.17, 15) is 0 Å². The summed E-state index contributed by atoms with van der Waals surface area (Å²) in [5, 5.41) is 4.83. The van der Waals surface area contributed by atoms with Gasteiger partial charge in [-0.3, -0.25) is 0 Å².